The Hall–Kier alpha value is -3.91. The van der Waals surface area contributed by atoms with Crippen molar-refractivity contribution in [3.05, 3.63) is 84.1 Å². The van der Waals surface area contributed by atoms with Crippen LogP contribution in [0.1, 0.15) is 21.9 Å². The number of nitrogens with two attached hydrogens (primary N) is 1. The van der Waals surface area contributed by atoms with E-state index in [0.717, 1.165) is 35.3 Å². The normalized spacial score (nSPS) is 14.5. The van der Waals surface area contributed by atoms with Crippen molar-refractivity contribution in [1.29, 1.82) is 0 Å². The van der Waals surface area contributed by atoms with Gasteiger partial charge in [0.15, 0.2) is 5.76 Å². The number of nitrogens with zero attached hydrogens (tertiary/aromatic N) is 4. The number of carbonyl (C=O) groups excluding carboxylic acids is 1. The summed E-state index contributed by atoms with van der Waals surface area (Å²) in [6, 6.07) is 19.0. The van der Waals surface area contributed by atoms with Gasteiger partial charge in [-0.15, -0.1) is 0 Å². The van der Waals surface area contributed by atoms with E-state index in [1.54, 1.807) is 6.07 Å². The Kier molecular flexibility index (Phi) is 5.91. The maximum Gasteiger partial charge on any atom is 0.290 e. The molecule has 2 aromatic heterocycles. The quantitative estimate of drug-likeness (QED) is 0.488. The highest BCUT2D eigenvalue weighted by Gasteiger charge is 2.26. The predicted octanol–water partition coefficient (Wildman–Crippen LogP) is 3.34. The summed E-state index contributed by atoms with van der Waals surface area (Å²) >= 11 is 0. The average Bonchev–Trinajstić information content (AvgIpc) is 3.32. The number of amides is 1. The van der Waals surface area contributed by atoms with Crippen molar-refractivity contribution in [1.82, 2.24) is 19.8 Å². The van der Waals surface area contributed by atoms with E-state index < -0.39 is 0 Å². The second-order valence-electron chi connectivity index (χ2n) is 7.99. The van der Waals surface area contributed by atoms with Crippen LogP contribution in [0.2, 0.25) is 0 Å². The number of fused-ring (bicyclic) bond motifs is 1. The van der Waals surface area contributed by atoms with Crippen molar-refractivity contribution >= 4 is 22.6 Å². The van der Waals surface area contributed by atoms with Crippen LogP contribution >= 0.6 is 0 Å². The molecule has 1 saturated heterocycles. The van der Waals surface area contributed by atoms with Crippen LogP contribution in [0.3, 0.4) is 0 Å². The van der Waals surface area contributed by atoms with Gasteiger partial charge in [-0.25, -0.2) is 9.97 Å². The van der Waals surface area contributed by atoms with Gasteiger partial charge in [-0.2, -0.15) is 0 Å². The molecular weight excluding hydrogens is 418 g/mol. The van der Waals surface area contributed by atoms with Gasteiger partial charge in [-0.05, 0) is 30.3 Å². The first-order valence-corrected chi connectivity index (χ1v) is 10.9. The molecule has 1 fully saturated rings. The number of nitrogen functional groups attached to an aromatic ring is 1. The lowest BCUT2D eigenvalue weighted by atomic mass is 10.2. The summed E-state index contributed by atoms with van der Waals surface area (Å²) in [6.45, 7) is 3.51. The SMILES string of the molecule is Nc1nc(CN2CCN(C(=O)c3occc3COc3ccccc3)CC2)nc2ccccc12. The van der Waals surface area contributed by atoms with Gasteiger partial charge in [0, 0.05) is 37.1 Å². The van der Waals surface area contributed by atoms with Crippen LogP contribution in [-0.4, -0.2) is 51.9 Å². The summed E-state index contributed by atoms with van der Waals surface area (Å²) < 4.78 is 11.3. The van der Waals surface area contributed by atoms with Crippen molar-refractivity contribution in [2.45, 2.75) is 13.2 Å². The van der Waals surface area contributed by atoms with Gasteiger partial charge in [0.25, 0.3) is 5.91 Å². The van der Waals surface area contributed by atoms with Crippen LogP contribution in [0.15, 0.2) is 71.3 Å². The fourth-order valence-corrected chi connectivity index (χ4v) is 3.99. The molecule has 33 heavy (non-hydrogen) atoms. The Bertz CT molecular complexity index is 1250. The first kappa shape index (κ1) is 21.0. The molecule has 8 nitrogen and oxygen atoms in total. The first-order chi connectivity index (χ1) is 16.2. The number of hydrogen-bond acceptors (Lipinski definition) is 7. The van der Waals surface area contributed by atoms with Gasteiger partial charge in [0.2, 0.25) is 0 Å². The molecule has 0 radical (unpaired) electrons. The van der Waals surface area contributed by atoms with Crippen LogP contribution in [0, 0.1) is 0 Å². The molecule has 0 bridgehead atoms. The molecular formula is C25H25N5O3. The monoisotopic (exact) mass is 443 g/mol. The highest BCUT2D eigenvalue weighted by atomic mass is 16.5. The molecule has 168 valence electrons. The summed E-state index contributed by atoms with van der Waals surface area (Å²) in [5.41, 5.74) is 7.70. The average molecular weight is 444 g/mol. The molecule has 1 aliphatic rings. The number of aromatic nitrogens is 2. The molecule has 0 aliphatic carbocycles. The Morgan fingerprint density at radius 2 is 1.73 bits per heavy atom. The second-order valence-corrected chi connectivity index (χ2v) is 7.99. The Balaban J connectivity index is 1.19. The molecule has 1 amide bonds. The molecule has 4 aromatic rings. The second kappa shape index (κ2) is 9.30. The van der Waals surface area contributed by atoms with Gasteiger partial charge >= 0.3 is 0 Å². The highest BCUT2D eigenvalue weighted by molar-refractivity contribution is 5.93. The molecule has 8 heteroatoms. The summed E-state index contributed by atoms with van der Waals surface area (Å²) in [4.78, 5) is 26.2. The first-order valence-electron chi connectivity index (χ1n) is 10.9. The number of rotatable bonds is 6. The van der Waals surface area contributed by atoms with Crippen molar-refractivity contribution in [2.75, 3.05) is 31.9 Å². The zero-order valence-electron chi connectivity index (χ0n) is 18.2. The number of anilines is 1. The molecule has 3 heterocycles. The van der Waals surface area contributed by atoms with Crippen molar-refractivity contribution < 1.29 is 13.9 Å². The van der Waals surface area contributed by atoms with Gasteiger partial charge < -0.3 is 19.8 Å². The number of furan rings is 1. The van der Waals surface area contributed by atoms with Crippen molar-refractivity contribution in [2.24, 2.45) is 0 Å². The van der Waals surface area contributed by atoms with Gasteiger partial charge in [-0.1, -0.05) is 30.3 Å². The summed E-state index contributed by atoms with van der Waals surface area (Å²) in [5, 5.41) is 0.863. The van der Waals surface area contributed by atoms with Crippen molar-refractivity contribution in [3.63, 3.8) is 0 Å². The topological polar surface area (TPSA) is 97.7 Å². The zero-order chi connectivity index (χ0) is 22.6. The van der Waals surface area contributed by atoms with E-state index in [9.17, 15) is 4.79 Å². The molecule has 2 aromatic carbocycles. The van der Waals surface area contributed by atoms with Crippen LogP contribution in [0.5, 0.6) is 5.75 Å². The van der Waals surface area contributed by atoms with E-state index in [1.807, 2.05) is 59.5 Å². The lowest BCUT2D eigenvalue weighted by Gasteiger charge is -2.34. The number of hydrogen-bond donors (Lipinski definition) is 1. The van der Waals surface area contributed by atoms with Crippen molar-refractivity contribution in [3.8, 4) is 5.75 Å². The standard InChI is InChI=1S/C25H25N5O3/c26-24-20-8-4-5-9-21(20)27-22(28-24)16-29-11-13-30(14-12-29)25(31)23-18(10-15-32-23)17-33-19-6-2-1-3-7-19/h1-10,15H,11-14,16-17H2,(H2,26,27,28). The highest BCUT2D eigenvalue weighted by Crippen LogP contribution is 2.20. The summed E-state index contributed by atoms with van der Waals surface area (Å²) in [7, 11) is 0. The third kappa shape index (κ3) is 4.65. The fourth-order valence-electron chi connectivity index (χ4n) is 3.99. The largest absolute Gasteiger partial charge is 0.489 e. The third-order valence-electron chi connectivity index (χ3n) is 5.78. The summed E-state index contributed by atoms with van der Waals surface area (Å²) in [6.07, 6.45) is 1.54. The fraction of sp³-hybridized carbons (Fsp3) is 0.240. The number of benzene rings is 2. The molecule has 1 aliphatic heterocycles. The maximum atomic E-state index is 13.1. The maximum absolute atomic E-state index is 13.1. The van der Waals surface area contributed by atoms with Gasteiger partial charge in [0.05, 0.1) is 18.3 Å². The number of piperazine rings is 1. The lowest BCUT2D eigenvalue weighted by molar-refractivity contribution is 0.0591. The number of carbonyl (C=O) groups is 1. The van der Waals surface area contributed by atoms with Crippen LogP contribution < -0.4 is 10.5 Å². The number of para-hydroxylation sites is 2. The zero-order valence-corrected chi connectivity index (χ0v) is 18.2. The smallest absolute Gasteiger partial charge is 0.290 e. The molecule has 2 N–H and O–H groups in total. The van der Waals surface area contributed by atoms with Crippen LogP contribution in [0.4, 0.5) is 5.82 Å². The molecule has 0 unspecified atom stereocenters. The lowest BCUT2D eigenvalue weighted by Crippen LogP contribution is -2.48. The minimum atomic E-state index is -0.113. The Morgan fingerprint density at radius 1 is 0.970 bits per heavy atom. The minimum Gasteiger partial charge on any atom is -0.489 e. The Labute approximate surface area is 191 Å². The molecule has 0 atom stereocenters. The molecule has 0 spiro atoms. The van der Waals surface area contributed by atoms with E-state index in [2.05, 4.69) is 14.9 Å². The van der Waals surface area contributed by atoms with E-state index in [1.165, 1.54) is 6.26 Å². The van der Waals surface area contributed by atoms with E-state index in [-0.39, 0.29) is 12.5 Å². The van der Waals surface area contributed by atoms with E-state index in [0.29, 0.717) is 37.0 Å². The number of ether oxygens (including phenoxy) is 1. The molecule has 0 saturated carbocycles. The van der Waals surface area contributed by atoms with Gasteiger partial charge in [-0.3, -0.25) is 9.69 Å². The van der Waals surface area contributed by atoms with Gasteiger partial charge in [0.1, 0.15) is 24.0 Å². The van der Waals surface area contributed by atoms with Crippen LogP contribution in [0.25, 0.3) is 10.9 Å². The summed E-state index contributed by atoms with van der Waals surface area (Å²) in [5.74, 6) is 2.16. The van der Waals surface area contributed by atoms with E-state index >= 15 is 0 Å². The predicted molar refractivity (Wildman–Crippen MR) is 125 cm³/mol. The Morgan fingerprint density at radius 3 is 2.55 bits per heavy atom. The minimum absolute atomic E-state index is 0.113. The molecule has 5 rings (SSSR count). The van der Waals surface area contributed by atoms with E-state index in [4.69, 9.17) is 14.9 Å². The van der Waals surface area contributed by atoms with Crippen LogP contribution in [-0.2, 0) is 13.2 Å². The third-order valence-corrected chi connectivity index (χ3v) is 5.78.